The minimum Gasteiger partial charge on any atom is -0.477 e. The highest BCUT2D eigenvalue weighted by Gasteiger charge is 2.29. The Balaban J connectivity index is 1.65. The lowest BCUT2D eigenvalue weighted by atomic mass is 10.1. The van der Waals surface area contributed by atoms with E-state index in [1.54, 1.807) is 6.07 Å². The van der Waals surface area contributed by atoms with E-state index in [1.807, 2.05) is 15.9 Å². The predicted octanol–water partition coefficient (Wildman–Crippen LogP) is 0.855. The predicted molar refractivity (Wildman–Crippen MR) is 83.5 cm³/mol. The van der Waals surface area contributed by atoms with Crippen molar-refractivity contribution in [3.8, 4) is 0 Å². The van der Waals surface area contributed by atoms with Gasteiger partial charge in [-0.25, -0.2) is 9.78 Å². The zero-order valence-electron chi connectivity index (χ0n) is 13.0. The van der Waals surface area contributed by atoms with E-state index in [4.69, 9.17) is 9.84 Å². The van der Waals surface area contributed by atoms with Gasteiger partial charge in [-0.2, -0.15) is 0 Å². The Morgan fingerprint density at radius 1 is 1.22 bits per heavy atom. The molecule has 7 heteroatoms. The number of hydrogen-bond donors (Lipinski definition) is 1. The normalized spacial score (nSPS) is 22.0. The molecule has 0 saturated carbocycles. The largest absolute Gasteiger partial charge is 0.477 e. The van der Waals surface area contributed by atoms with E-state index in [0.717, 1.165) is 25.9 Å². The smallest absolute Gasteiger partial charge is 0.354 e. The fourth-order valence-electron chi connectivity index (χ4n) is 3.07. The molecule has 2 fully saturated rings. The number of carboxylic acid groups (broad SMARTS) is 1. The lowest BCUT2D eigenvalue weighted by Crippen LogP contribution is -2.39. The van der Waals surface area contributed by atoms with Gasteiger partial charge in [0.25, 0.3) is 0 Å². The number of rotatable bonds is 3. The molecule has 1 amide bonds. The summed E-state index contributed by atoms with van der Waals surface area (Å²) < 4.78 is 5.30. The highest BCUT2D eigenvalue weighted by atomic mass is 16.5. The summed E-state index contributed by atoms with van der Waals surface area (Å²) in [4.78, 5) is 31.7. The van der Waals surface area contributed by atoms with Crippen molar-refractivity contribution >= 4 is 17.7 Å². The first kappa shape index (κ1) is 15.7. The fourth-order valence-corrected chi connectivity index (χ4v) is 3.07. The Bertz CT molecular complexity index is 586. The van der Waals surface area contributed by atoms with Crippen LogP contribution >= 0.6 is 0 Å². The number of carbonyl (C=O) groups excluding carboxylic acids is 1. The Labute approximate surface area is 134 Å². The number of pyridine rings is 1. The molecular weight excluding hydrogens is 298 g/mol. The molecule has 0 radical (unpaired) electrons. The minimum absolute atomic E-state index is 0.00462. The van der Waals surface area contributed by atoms with Gasteiger partial charge in [-0.05, 0) is 25.0 Å². The van der Waals surface area contributed by atoms with Crippen molar-refractivity contribution in [2.24, 2.45) is 5.92 Å². The Morgan fingerprint density at radius 3 is 2.83 bits per heavy atom. The second-order valence-corrected chi connectivity index (χ2v) is 5.91. The van der Waals surface area contributed by atoms with Crippen molar-refractivity contribution < 1.29 is 19.4 Å². The molecule has 1 atom stereocenters. The molecule has 2 saturated heterocycles. The number of ether oxygens (including phenoxy) is 1. The number of amides is 1. The number of carboxylic acids is 1. The average Bonchev–Trinajstić information content (AvgIpc) is 2.99. The van der Waals surface area contributed by atoms with Gasteiger partial charge in [-0.1, -0.05) is 6.07 Å². The van der Waals surface area contributed by atoms with Crippen LogP contribution in [0, 0.1) is 5.92 Å². The molecule has 0 bridgehead atoms. The van der Waals surface area contributed by atoms with Gasteiger partial charge in [0.2, 0.25) is 5.91 Å². The average molecular weight is 319 g/mol. The summed E-state index contributed by atoms with van der Waals surface area (Å²) in [6, 6.07) is 5.00. The molecule has 7 nitrogen and oxygen atoms in total. The van der Waals surface area contributed by atoms with Gasteiger partial charge in [-0.15, -0.1) is 0 Å². The number of anilines is 1. The van der Waals surface area contributed by atoms with E-state index < -0.39 is 5.97 Å². The zero-order valence-corrected chi connectivity index (χ0v) is 13.0. The van der Waals surface area contributed by atoms with Gasteiger partial charge in [0.15, 0.2) is 5.69 Å². The number of hydrogen-bond acceptors (Lipinski definition) is 5. The summed E-state index contributed by atoms with van der Waals surface area (Å²) in [5.74, 6) is -0.199. The van der Waals surface area contributed by atoms with Crippen LogP contribution in [0.1, 0.15) is 23.3 Å². The highest BCUT2D eigenvalue weighted by Crippen LogP contribution is 2.19. The molecule has 2 aliphatic rings. The first-order chi connectivity index (χ1) is 11.1. The van der Waals surface area contributed by atoms with Crippen molar-refractivity contribution in [3.05, 3.63) is 23.9 Å². The standard InChI is InChI=1S/C16H21N3O4/c20-15(12-5-10-23-11-12)19-7-2-6-18(8-9-19)14-4-1-3-13(17-14)16(21)22/h1,3-4,12H,2,5-11H2,(H,21,22). The molecule has 1 unspecified atom stereocenters. The van der Waals surface area contributed by atoms with Gasteiger partial charge >= 0.3 is 5.97 Å². The summed E-state index contributed by atoms with van der Waals surface area (Å²) in [7, 11) is 0. The van der Waals surface area contributed by atoms with Crippen LogP contribution < -0.4 is 4.90 Å². The van der Waals surface area contributed by atoms with Gasteiger partial charge in [-0.3, -0.25) is 4.79 Å². The summed E-state index contributed by atoms with van der Waals surface area (Å²) in [6.07, 6.45) is 1.65. The molecule has 3 rings (SSSR count). The second kappa shape index (κ2) is 6.95. The minimum atomic E-state index is -1.03. The summed E-state index contributed by atoms with van der Waals surface area (Å²) >= 11 is 0. The fraction of sp³-hybridized carbons (Fsp3) is 0.562. The van der Waals surface area contributed by atoms with Gasteiger partial charge in [0, 0.05) is 32.8 Å². The topological polar surface area (TPSA) is 83.0 Å². The van der Waals surface area contributed by atoms with Crippen molar-refractivity contribution in [2.45, 2.75) is 12.8 Å². The number of aromatic carboxylic acids is 1. The maximum atomic E-state index is 12.5. The van der Waals surface area contributed by atoms with E-state index in [9.17, 15) is 9.59 Å². The lowest BCUT2D eigenvalue weighted by Gasteiger charge is -2.24. The monoisotopic (exact) mass is 319 g/mol. The molecule has 0 spiro atoms. The third kappa shape index (κ3) is 3.61. The van der Waals surface area contributed by atoms with Crippen LogP contribution in [0.4, 0.5) is 5.82 Å². The molecular formula is C16H21N3O4. The lowest BCUT2D eigenvalue weighted by molar-refractivity contribution is -0.135. The number of aromatic nitrogens is 1. The van der Waals surface area contributed by atoms with E-state index in [0.29, 0.717) is 32.1 Å². The third-order valence-electron chi connectivity index (χ3n) is 4.36. The van der Waals surface area contributed by atoms with Crippen LogP contribution in [0.25, 0.3) is 0 Å². The molecule has 124 valence electrons. The van der Waals surface area contributed by atoms with E-state index >= 15 is 0 Å². The van der Waals surface area contributed by atoms with Crippen LogP contribution in [0.3, 0.4) is 0 Å². The van der Waals surface area contributed by atoms with E-state index in [-0.39, 0.29) is 17.5 Å². The maximum Gasteiger partial charge on any atom is 0.354 e. The van der Waals surface area contributed by atoms with Crippen LogP contribution in [-0.4, -0.2) is 66.3 Å². The van der Waals surface area contributed by atoms with Crippen molar-refractivity contribution in [1.29, 1.82) is 0 Å². The Kier molecular flexibility index (Phi) is 4.76. The summed E-state index contributed by atoms with van der Waals surface area (Å²) in [5, 5.41) is 9.05. The highest BCUT2D eigenvalue weighted by molar-refractivity contribution is 5.85. The second-order valence-electron chi connectivity index (χ2n) is 5.91. The Hall–Kier alpha value is -2.15. The molecule has 23 heavy (non-hydrogen) atoms. The zero-order chi connectivity index (χ0) is 16.2. The SMILES string of the molecule is O=C(O)c1cccc(N2CCCN(C(=O)C3CCOC3)CC2)n1. The molecule has 1 aromatic rings. The quantitative estimate of drug-likeness (QED) is 0.889. The molecule has 1 N–H and O–H groups in total. The first-order valence-electron chi connectivity index (χ1n) is 7.97. The van der Waals surface area contributed by atoms with Gasteiger partial charge < -0.3 is 19.6 Å². The number of nitrogens with zero attached hydrogens (tertiary/aromatic N) is 3. The van der Waals surface area contributed by atoms with Crippen LogP contribution in [0.5, 0.6) is 0 Å². The van der Waals surface area contributed by atoms with Gasteiger partial charge in [0.05, 0.1) is 12.5 Å². The van der Waals surface area contributed by atoms with E-state index in [2.05, 4.69) is 4.98 Å². The van der Waals surface area contributed by atoms with E-state index in [1.165, 1.54) is 6.07 Å². The van der Waals surface area contributed by atoms with Crippen LogP contribution in [-0.2, 0) is 9.53 Å². The Morgan fingerprint density at radius 2 is 2.09 bits per heavy atom. The first-order valence-corrected chi connectivity index (χ1v) is 7.97. The third-order valence-corrected chi connectivity index (χ3v) is 4.36. The molecule has 0 aliphatic carbocycles. The van der Waals surface area contributed by atoms with Crippen LogP contribution in [0.2, 0.25) is 0 Å². The van der Waals surface area contributed by atoms with Crippen molar-refractivity contribution in [2.75, 3.05) is 44.3 Å². The van der Waals surface area contributed by atoms with Crippen molar-refractivity contribution in [1.82, 2.24) is 9.88 Å². The molecule has 2 aliphatic heterocycles. The maximum absolute atomic E-state index is 12.5. The van der Waals surface area contributed by atoms with Crippen LogP contribution in [0.15, 0.2) is 18.2 Å². The van der Waals surface area contributed by atoms with Gasteiger partial charge in [0.1, 0.15) is 5.82 Å². The van der Waals surface area contributed by atoms with Crippen molar-refractivity contribution in [3.63, 3.8) is 0 Å². The summed E-state index contributed by atoms with van der Waals surface area (Å²) in [6.45, 7) is 3.98. The number of carbonyl (C=O) groups is 2. The summed E-state index contributed by atoms with van der Waals surface area (Å²) in [5.41, 5.74) is 0.0442. The molecule has 1 aromatic heterocycles. The molecule has 0 aromatic carbocycles. The molecule has 3 heterocycles.